The maximum Gasteiger partial charge on any atom is 0.225 e. The number of halogens is 4. The maximum absolute atomic E-state index is 13.9. The van der Waals surface area contributed by atoms with Crippen molar-refractivity contribution < 1.29 is 65.7 Å². The van der Waals surface area contributed by atoms with E-state index in [1.165, 1.54) is 23.5 Å². The van der Waals surface area contributed by atoms with Crippen LogP contribution in [0.3, 0.4) is 0 Å². The van der Waals surface area contributed by atoms with E-state index in [-0.39, 0.29) is 41.8 Å². The number of anilines is 5. The number of thiazole rings is 2. The largest absolute Gasteiger partial charge is 0.508 e. The number of aromatic hydroxyl groups is 3. The number of alkyl halides is 2. The molecule has 108 heavy (non-hydrogen) atoms. The van der Waals surface area contributed by atoms with Gasteiger partial charge in [-0.2, -0.15) is 4.39 Å². The van der Waals surface area contributed by atoms with Gasteiger partial charge in [0.15, 0.2) is 0 Å². The van der Waals surface area contributed by atoms with Crippen LogP contribution in [0.1, 0.15) is 22.3 Å². The van der Waals surface area contributed by atoms with Gasteiger partial charge in [-0.05, 0) is 180 Å². The highest BCUT2D eigenvalue weighted by Gasteiger charge is 2.15. The number of ether oxygens (including phenoxy) is 6. The summed E-state index contributed by atoms with van der Waals surface area (Å²) in [5.74, 6) is 1.92. The second-order valence-electron chi connectivity index (χ2n) is 23.2. The zero-order chi connectivity index (χ0) is 76.2. The summed E-state index contributed by atoms with van der Waals surface area (Å²) in [5, 5.41) is 45.5. The predicted octanol–water partition coefficient (Wildman–Crippen LogP) is 18.9. The van der Waals surface area contributed by atoms with E-state index in [0.29, 0.717) is 87.0 Å². The van der Waals surface area contributed by atoms with Crippen molar-refractivity contribution in [3.8, 4) is 61.3 Å². The Bertz CT molecular complexity index is 4800. The second-order valence-corrected chi connectivity index (χ2v) is 25.2. The van der Waals surface area contributed by atoms with E-state index in [0.717, 1.165) is 86.6 Å². The van der Waals surface area contributed by atoms with Gasteiger partial charge in [0.1, 0.15) is 82.6 Å². The third-order valence-corrected chi connectivity index (χ3v) is 17.8. The Balaban J connectivity index is 0.000000157. The number of nitrogens with one attached hydrogen (secondary N) is 5. The highest BCUT2D eigenvalue weighted by molar-refractivity contribution is 7.22. The summed E-state index contributed by atoms with van der Waals surface area (Å²) in [6.45, 7) is 2.77. The Labute approximate surface area is 632 Å². The Morgan fingerprint density at radius 1 is 0.426 bits per heavy atom. The Morgan fingerprint density at radius 3 is 1.40 bits per heavy atom. The van der Waals surface area contributed by atoms with Crippen LogP contribution in [-0.4, -0.2) is 150 Å². The molecule has 19 nitrogen and oxygen atoms in total. The number of phenols is 3. The molecule has 562 valence electrons. The number of nitrogens with zero attached hydrogens (tertiary/aromatic N) is 4. The molecule has 0 aliphatic rings. The number of rotatable bonds is 30. The number of aromatic nitrogens is 4. The average molecular weight is 1500 g/mol. The molecular formula is C83H85F4N9O10S2. The standard InChI is InChI=1S/C21H26FNO3.C20H25FN2O3.C14H11FN2O2.C14H11FN2OS.C14H12N2OS/c1-23-20-8-4-18(5-9-20)2-3-19-6-10-21(11-7-19)26-17-16-25-15-14-24-13-12-22;1-22-19-7-4-17(5-8-19)2-3-18-6-9-20(23-16-18)26-15-14-25-13-12-24-11-10-21;1-16-13-5-3-10(14(15)17-13)12-7-8-6-9(18)2-4-11(8)19-12;1-16-11-4-2-8(6-10(11)15)14-17-12-5-3-9(18)7-13(12)19-14;1-15-10-4-2-9(3-5-10)14-16-12-7-6-11(17)8-13(12)18-14/h2-11,23H,12-17H2,1H3;2-9,16,22H,10-15H2,1H3;2-7,18H,1H3,(H,16,17);2-7,16,18H,1H3;2-8,15,17H,1H3/b2*3-2+;;;/i22-1;21-1;2*15-1;1-1. The molecule has 0 amide bonds. The smallest absolute Gasteiger partial charge is 0.225 e. The first-order valence-corrected chi connectivity index (χ1v) is 36.1. The molecule has 8 N–H and O–H groups in total. The SMILES string of the molecule is CNc1ccc(-c2cc3cc(O)ccc3o2)c([18F])n1.CNc1ccc(-c2nc3ccc(O)cc3s2)cc1[18F].CNc1ccc(/C=C/c2ccc(OCCOCCOCC[18F])cc2)cc1.CNc1ccc(/C=C/c2ccc(OCCOCCOCC[18F])nc2)cc1.[11CH3]Nc1ccc(-c2nc3ccc(O)cc3s2)cc1. The first-order chi connectivity index (χ1) is 52.7. The molecule has 0 saturated heterocycles. The summed E-state index contributed by atoms with van der Waals surface area (Å²) in [7, 11) is 9.05. The first-order valence-electron chi connectivity index (χ1n) is 34.4. The van der Waals surface area contributed by atoms with Crippen molar-refractivity contribution in [2.24, 2.45) is 0 Å². The van der Waals surface area contributed by atoms with E-state index in [9.17, 15) is 32.9 Å². The molecule has 13 rings (SSSR count). The van der Waals surface area contributed by atoms with Crippen LogP contribution < -0.4 is 36.1 Å². The van der Waals surface area contributed by atoms with E-state index in [1.54, 1.807) is 98.4 Å². The fourth-order valence-electron chi connectivity index (χ4n) is 9.96. The van der Waals surface area contributed by atoms with Gasteiger partial charge >= 0.3 is 0 Å². The first kappa shape index (κ1) is 80.5. The fourth-order valence-corrected chi connectivity index (χ4v) is 12.0. The number of phenolic OH excluding ortho intramolecular Hbond substituents is 3. The van der Waals surface area contributed by atoms with Crippen molar-refractivity contribution in [2.45, 2.75) is 0 Å². The van der Waals surface area contributed by atoms with Crippen molar-refractivity contribution in [2.75, 3.05) is 141 Å². The molecule has 0 spiro atoms. The van der Waals surface area contributed by atoms with Crippen molar-refractivity contribution in [3.05, 3.63) is 240 Å². The molecular weight excluding hydrogens is 1420 g/mol. The molecule has 0 aliphatic heterocycles. The maximum atomic E-state index is 13.9. The van der Waals surface area contributed by atoms with Crippen LogP contribution in [0.25, 0.3) is 88.2 Å². The molecule has 0 radical (unpaired) electrons. The zero-order valence-corrected chi connectivity index (χ0v) is 61.9. The van der Waals surface area contributed by atoms with Crippen LogP contribution >= 0.6 is 22.7 Å². The summed E-state index contributed by atoms with van der Waals surface area (Å²) in [5.41, 5.74) is 12.5. The average Bonchev–Trinajstić information content (AvgIpc) is 1.68. The van der Waals surface area contributed by atoms with E-state index in [2.05, 4.69) is 82.9 Å². The minimum absolute atomic E-state index is 0.117. The molecule has 25 heteroatoms. The summed E-state index contributed by atoms with van der Waals surface area (Å²) in [6.07, 6.45) is 9.95. The van der Waals surface area contributed by atoms with E-state index < -0.39 is 19.3 Å². The second kappa shape index (κ2) is 43.1. The quantitative estimate of drug-likeness (QED) is 0.00903. The number of benzene rings is 8. The summed E-state index contributed by atoms with van der Waals surface area (Å²) in [6, 6.07) is 61.1. The number of furan rings is 1. The minimum Gasteiger partial charge on any atom is -0.508 e. The molecule has 5 aromatic heterocycles. The van der Waals surface area contributed by atoms with Crippen molar-refractivity contribution in [3.63, 3.8) is 0 Å². The topological polar surface area (TPSA) is 241 Å². The minimum atomic E-state index is -0.602. The molecule has 0 atom stereocenters. The molecule has 0 aliphatic carbocycles. The number of pyridine rings is 2. The highest BCUT2D eigenvalue weighted by Crippen LogP contribution is 2.36. The van der Waals surface area contributed by atoms with Crippen LogP contribution in [-0.2, 0) is 18.9 Å². The normalized spacial score (nSPS) is 10.9. The van der Waals surface area contributed by atoms with Gasteiger partial charge in [0, 0.05) is 81.1 Å². The van der Waals surface area contributed by atoms with Gasteiger partial charge in [-0.25, -0.2) is 33.1 Å². The third kappa shape index (κ3) is 25.6. The van der Waals surface area contributed by atoms with Gasteiger partial charge < -0.3 is 74.7 Å². The zero-order valence-electron chi connectivity index (χ0n) is 60.2. The molecule has 0 fully saturated rings. The summed E-state index contributed by atoms with van der Waals surface area (Å²) < 4.78 is 90.4. The number of hydrogen-bond donors (Lipinski definition) is 8. The molecule has 13 aromatic rings. The highest BCUT2D eigenvalue weighted by atomic mass is 32.1. The third-order valence-electron chi connectivity index (χ3n) is 15.7. The van der Waals surface area contributed by atoms with Gasteiger partial charge in [-0.15, -0.1) is 22.7 Å². The van der Waals surface area contributed by atoms with Crippen LogP contribution in [0.2, 0.25) is 0 Å². The summed E-state index contributed by atoms with van der Waals surface area (Å²) >= 11 is 3.01. The Kier molecular flexibility index (Phi) is 32.2. The molecule has 0 saturated carbocycles. The van der Waals surface area contributed by atoms with Gasteiger partial charge in [0.25, 0.3) is 0 Å². The fraction of sp³-hybridized carbons (Fsp3) is 0.205. The molecule has 0 bridgehead atoms. The Hall–Kier alpha value is -11.6. The van der Waals surface area contributed by atoms with Crippen LogP contribution in [0.4, 0.5) is 46.1 Å². The summed E-state index contributed by atoms with van der Waals surface area (Å²) in [4.78, 5) is 17.0. The Morgan fingerprint density at radius 2 is 0.898 bits per heavy atom. The van der Waals surface area contributed by atoms with Crippen LogP contribution in [0.15, 0.2) is 211 Å². The van der Waals surface area contributed by atoms with Gasteiger partial charge in [0.2, 0.25) is 11.8 Å². The van der Waals surface area contributed by atoms with E-state index >= 15 is 0 Å². The molecule has 8 aromatic carbocycles. The number of fused-ring (bicyclic) bond motifs is 3. The predicted molar refractivity (Wildman–Crippen MR) is 430 cm³/mol. The van der Waals surface area contributed by atoms with E-state index in [1.807, 2.05) is 130 Å². The molecule has 5 heterocycles. The monoisotopic (exact) mass is 1500 g/mol. The van der Waals surface area contributed by atoms with Crippen LogP contribution in [0, 0.1) is 11.8 Å². The number of hydrogen-bond acceptors (Lipinski definition) is 21. The lowest BCUT2D eigenvalue weighted by Gasteiger charge is -2.07. The van der Waals surface area contributed by atoms with E-state index in [4.69, 9.17) is 32.8 Å². The van der Waals surface area contributed by atoms with Crippen molar-refractivity contribution in [1.82, 2.24) is 19.9 Å². The van der Waals surface area contributed by atoms with Gasteiger partial charge in [0.05, 0.1) is 84.5 Å². The lowest BCUT2D eigenvalue weighted by atomic mass is 10.1. The van der Waals surface area contributed by atoms with Gasteiger partial charge in [-0.1, -0.05) is 60.7 Å². The van der Waals surface area contributed by atoms with Crippen molar-refractivity contribution >= 4 is 107 Å². The van der Waals surface area contributed by atoms with Gasteiger partial charge in [-0.3, -0.25) is 0 Å². The lowest BCUT2D eigenvalue weighted by molar-refractivity contribution is 0.0320. The lowest BCUT2D eigenvalue weighted by Crippen LogP contribution is -2.11. The molecule has 0 unspecified atom stereocenters. The van der Waals surface area contributed by atoms with Crippen molar-refractivity contribution in [1.29, 1.82) is 0 Å². The van der Waals surface area contributed by atoms with Crippen LogP contribution in [0.5, 0.6) is 28.9 Å².